The van der Waals surface area contributed by atoms with Gasteiger partial charge in [-0.2, -0.15) is 0 Å². The molecule has 1 aliphatic rings. The number of rotatable bonds is 1. The van der Waals surface area contributed by atoms with E-state index in [0.717, 1.165) is 23.6 Å². The van der Waals surface area contributed by atoms with Gasteiger partial charge in [0.05, 0.1) is 12.0 Å². The van der Waals surface area contributed by atoms with Crippen molar-refractivity contribution in [1.29, 1.82) is 0 Å². The van der Waals surface area contributed by atoms with Crippen LogP contribution in [0.1, 0.15) is 5.56 Å². The predicted octanol–water partition coefficient (Wildman–Crippen LogP) is 1.93. The Balaban J connectivity index is 2.57. The fraction of sp³-hybridized carbons (Fsp3) is 0.333. The number of benzene rings is 1. The van der Waals surface area contributed by atoms with Gasteiger partial charge in [-0.1, -0.05) is 0 Å². The second-order valence-electron chi connectivity index (χ2n) is 2.76. The molecule has 0 spiro atoms. The van der Waals surface area contributed by atoms with E-state index < -0.39 is 0 Å². The normalized spacial score (nSPS) is 14.4. The maximum Gasteiger partial charge on any atom is 0.132 e. The summed E-state index contributed by atoms with van der Waals surface area (Å²) in [4.78, 5) is 1.23. The summed E-state index contributed by atoms with van der Waals surface area (Å²) in [5.74, 6) is 2.08. The molecule has 0 aliphatic carbocycles. The second-order valence-corrected chi connectivity index (χ2v) is 3.87. The van der Waals surface area contributed by atoms with Crippen molar-refractivity contribution in [2.45, 2.75) is 11.3 Å². The summed E-state index contributed by atoms with van der Waals surface area (Å²) in [5.41, 5.74) is 7.99. The maximum atomic E-state index is 5.83. The summed E-state index contributed by atoms with van der Waals surface area (Å²) in [6.07, 6.45) is 1.07. The van der Waals surface area contributed by atoms with Crippen molar-refractivity contribution in [3.8, 4) is 5.75 Å². The van der Waals surface area contributed by atoms with Gasteiger partial charge >= 0.3 is 0 Å². The zero-order valence-corrected chi connectivity index (χ0v) is 7.78. The average Bonchev–Trinajstić information content (AvgIpc) is 2.54. The van der Waals surface area contributed by atoms with E-state index in [0.29, 0.717) is 0 Å². The van der Waals surface area contributed by atoms with Gasteiger partial charge in [0, 0.05) is 11.4 Å². The number of methoxy groups -OCH3 is 1. The minimum absolute atomic E-state index is 0.899. The molecule has 3 heteroatoms. The Morgan fingerprint density at radius 1 is 1.50 bits per heavy atom. The third-order valence-corrected chi connectivity index (χ3v) is 3.22. The van der Waals surface area contributed by atoms with E-state index in [2.05, 4.69) is 0 Å². The molecule has 0 saturated carbocycles. The lowest BCUT2D eigenvalue weighted by atomic mass is 10.1. The van der Waals surface area contributed by atoms with Gasteiger partial charge in [0.25, 0.3) is 0 Å². The highest BCUT2D eigenvalue weighted by Gasteiger charge is 2.18. The molecule has 12 heavy (non-hydrogen) atoms. The monoisotopic (exact) mass is 181 g/mol. The van der Waals surface area contributed by atoms with Crippen molar-refractivity contribution in [3.05, 3.63) is 17.7 Å². The third kappa shape index (κ3) is 1.05. The van der Waals surface area contributed by atoms with E-state index in [4.69, 9.17) is 10.5 Å². The van der Waals surface area contributed by atoms with Crippen molar-refractivity contribution < 1.29 is 4.74 Å². The summed E-state index contributed by atoms with van der Waals surface area (Å²) in [7, 11) is 1.70. The van der Waals surface area contributed by atoms with E-state index in [1.807, 2.05) is 23.9 Å². The molecule has 1 aliphatic heterocycles. The van der Waals surface area contributed by atoms with Crippen LogP contribution >= 0.6 is 11.8 Å². The standard InChI is InChI=1S/C9H11NOS/c1-11-8-3-2-7(10)6-4-5-12-9(6)8/h2-3H,4-5,10H2,1H3. The number of nitrogen functional groups attached to an aromatic ring is 1. The largest absolute Gasteiger partial charge is 0.496 e. The predicted molar refractivity (Wildman–Crippen MR) is 51.8 cm³/mol. The van der Waals surface area contributed by atoms with Crippen LogP contribution in [0, 0.1) is 0 Å². The lowest BCUT2D eigenvalue weighted by molar-refractivity contribution is 0.404. The number of nitrogens with two attached hydrogens (primary N) is 1. The average molecular weight is 181 g/mol. The zero-order valence-electron chi connectivity index (χ0n) is 6.96. The van der Waals surface area contributed by atoms with Gasteiger partial charge in [0.2, 0.25) is 0 Å². The van der Waals surface area contributed by atoms with Crippen LogP contribution in [-0.4, -0.2) is 12.9 Å². The van der Waals surface area contributed by atoms with Gasteiger partial charge in [0.1, 0.15) is 5.75 Å². The van der Waals surface area contributed by atoms with Crippen molar-refractivity contribution in [1.82, 2.24) is 0 Å². The van der Waals surface area contributed by atoms with E-state index in [1.165, 1.54) is 10.5 Å². The molecular formula is C9H11NOS. The summed E-state index contributed by atoms with van der Waals surface area (Å²) in [6.45, 7) is 0. The van der Waals surface area contributed by atoms with Crippen LogP contribution in [0.4, 0.5) is 5.69 Å². The number of hydrogen-bond acceptors (Lipinski definition) is 3. The fourth-order valence-electron chi connectivity index (χ4n) is 1.45. The highest BCUT2D eigenvalue weighted by atomic mass is 32.2. The van der Waals surface area contributed by atoms with Crippen molar-refractivity contribution in [2.75, 3.05) is 18.6 Å². The molecule has 64 valence electrons. The molecule has 0 radical (unpaired) electrons. The highest BCUT2D eigenvalue weighted by molar-refractivity contribution is 7.99. The SMILES string of the molecule is COc1ccc(N)c2c1SCC2. The molecule has 0 bridgehead atoms. The lowest BCUT2D eigenvalue weighted by Crippen LogP contribution is -1.94. The van der Waals surface area contributed by atoms with Crippen LogP contribution in [0.25, 0.3) is 0 Å². The molecule has 0 aromatic heterocycles. The fourth-order valence-corrected chi connectivity index (χ4v) is 2.65. The molecule has 2 N–H and O–H groups in total. The van der Waals surface area contributed by atoms with Gasteiger partial charge in [-0.05, 0) is 24.1 Å². The van der Waals surface area contributed by atoms with Crippen LogP contribution in [-0.2, 0) is 6.42 Å². The summed E-state index contributed by atoms with van der Waals surface area (Å²) in [6, 6.07) is 3.86. The summed E-state index contributed by atoms with van der Waals surface area (Å²) in [5, 5.41) is 0. The van der Waals surface area contributed by atoms with E-state index in [1.54, 1.807) is 7.11 Å². The lowest BCUT2D eigenvalue weighted by Gasteiger charge is -2.07. The Kier molecular flexibility index (Phi) is 1.89. The molecule has 0 amide bonds. The third-order valence-electron chi connectivity index (χ3n) is 2.08. The quantitative estimate of drug-likeness (QED) is 0.672. The molecule has 0 unspecified atom stereocenters. The minimum atomic E-state index is 0.899. The van der Waals surface area contributed by atoms with Gasteiger partial charge in [-0.3, -0.25) is 0 Å². The molecule has 0 atom stereocenters. The molecule has 1 aromatic carbocycles. The minimum Gasteiger partial charge on any atom is -0.496 e. The number of fused-ring (bicyclic) bond motifs is 1. The van der Waals surface area contributed by atoms with Crippen molar-refractivity contribution in [2.24, 2.45) is 0 Å². The maximum absolute atomic E-state index is 5.83. The zero-order chi connectivity index (χ0) is 8.55. The Labute approximate surface area is 76.1 Å². The van der Waals surface area contributed by atoms with Crippen LogP contribution < -0.4 is 10.5 Å². The number of ether oxygens (including phenoxy) is 1. The van der Waals surface area contributed by atoms with Gasteiger partial charge < -0.3 is 10.5 Å². The van der Waals surface area contributed by atoms with Crippen LogP contribution in [0.2, 0.25) is 0 Å². The first kappa shape index (κ1) is 7.80. The molecule has 2 rings (SSSR count). The van der Waals surface area contributed by atoms with Gasteiger partial charge in [0.15, 0.2) is 0 Å². The molecule has 1 aromatic rings. The number of hydrogen-bond donors (Lipinski definition) is 1. The van der Waals surface area contributed by atoms with E-state index in [9.17, 15) is 0 Å². The smallest absolute Gasteiger partial charge is 0.132 e. The van der Waals surface area contributed by atoms with Crippen molar-refractivity contribution in [3.63, 3.8) is 0 Å². The summed E-state index contributed by atoms with van der Waals surface area (Å²) >= 11 is 1.83. The van der Waals surface area contributed by atoms with Crippen LogP contribution in [0.3, 0.4) is 0 Å². The number of thioether (sulfide) groups is 1. The highest BCUT2D eigenvalue weighted by Crippen LogP contribution is 2.41. The summed E-state index contributed by atoms with van der Waals surface area (Å²) < 4.78 is 5.24. The first-order valence-corrected chi connectivity index (χ1v) is 4.89. The van der Waals surface area contributed by atoms with Gasteiger partial charge in [-0.25, -0.2) is 0 Å². The topological polar surface area (TPSA) is 35.2 Å². The molecule has 0 saturated heterocycles. The second kappa shape index (κ2) is 2.90. The van der Waals surface area contributed by atoms with Crippen LogP contribution in [0.5, 0.6) is 5.75 Å². The van der Waals surface area contributed by atoms with Crippen molar-refractivity contribution >= 4 is 17.4 Å². The first-order chi connectivity index (χ1) is 5.83. The Bertz CT molecular complexity index is 312. The first-order valence-electron chi connectivity index (χ1n) is 3.91. The Hall–Kier alpha value is -0.830. The molecule has 0 fully saturated rings. The Morgan fingerprint density at radius 3 is 3.08 bits per heavy atom. The number of anilines is 1. The molecule has 1 heterocycles. The van der Waals surface area contributed by atoms with E-state index in [-0.39, 0.29) is 0 Å². The van der Waals surface area contributed by atoms with E-state index >= 15 is 0 Å². The van der Waals surface area contributed by atoms with Gasteiger partial charge in [-0.15, -0.1) is 11.8 Å². The molecular weight excluding hydrogens is 170 g/mol. The Morgan fingerprint density at radius 2 is 2.33 bits per heavy atom. The molecule has 2 nitrogen and oxygen atoms in total. The van der Waals surface area contributed by atoms with Crippen LogP contribution in [0.15, 0.2) is 17.0 Å².